The molecule has 2 N–H and O–H groups in total. The summed E-state index contributed by atoms with van der Waals surface area (Å²) >= 11 is 0. The maximum atomic E-state index is 11.9. The second-order valence-corrected chi connectivity index (χ2v) is 7.05. The van der Waals surface area contributed by atoms with Gasteiger partial charge < -0.3 is 20.3 Å². The summed E-state index contributed by atoms with van der Waals surface area (Å²) in [7, 11) is 2.07. The third-order valence-electron chi connectivity index (χ3n) is 4.90. The predicted octanol–water partition coefficient (Wildman–Crippen LogP) is 1.62. The third-order valence-corrected chi connectivity index (χ3v) is 4.90. The summed E-state index contributed by atoms with van der Waals surface area (Å²) in [6.45, 7) is 6.83. The first-order valence-electron chi connectivity index (χ1n) is 9.53. The molecule has 1 aliphatic heterocycles. The Bertz CT molecular complexity index is 402. The van der Waals surface area contributed by atoms with E-state index in [2.05, 4.69) is 34.5 Å². The minimum absolute atomic E-state index is 0.179. The molecule has 0 bridgehead atoms. The summed E-state index contributed by atoms with van der Waals surface area (Å²) in [5.74, 6) is 2.28. The molecule has 0 spiro atoms. The van der Waals surface area contributed by atoms with Gasteiger partial charge in [-0.2, -0.15) is 0 Å². The van der Waals surface area contributed by atoms with Crippen LogP contribution in [0.15, 0.2) is 4.99 Å². The second kappa shape index (κ2) is 10.5. The van der Waals surface area contributed by atoms with E-state index < -0.39 is 0 Å². The molecule has 2 aliphatic rings. The van der Waals surface area contributed by atoms with Crippen molar-refractivity contribution in [1.82, 2.24) is 15.5 Å². The fourth-order valence-corrected chi connectivity index (χ4v) is 3.58. The molecule has 2 fully saturated rings. The molecule has 1 aliphatic carbocycles. The van der Waals surface area contributed by atoms with Crippen LogP contribution in [-0.4, -0.2) is 63.2 Å². The van der Waals surface area contributed by atoms with E-state index in [1.54, 1.807) is 0 Å². The molecule has 1 heterocycles. The van der Waals surface area contributed by atoms with Crippen LogP contribution in [-0.2, 0) is 9.53 Å². The van der Waals surface area contributed by atoms with Crippen LogP contribution in [0.1, 0.15) is 45.4 Å². The monoisotopic (exact) mass is 338 g/mol. The lowest BCUT2D eigenvalue weighted by molar-refractivity contribution is -0.121. The minimum Gasteiger partial charge on any atom is -0.381 e. The number of ether oxygens (including phenoxy) is 1. The number of carbonyl (C=O) groups excluding carboxylic acids is 1. The van der Waals surface area contributed by atoms with Crippen molar-refractivity contribution in [2.75, 3.05) is 46.4 Å². The molecule has 0 aromatic carbocycles. The van der Waals surface area contributed by atoms with Crippen molar-refractivity contribution < 1.29 is 9.53 Å². The quantitative estimate of drug-likeness (QED) is 0.401. The van der Waals surface area contributed by atoms with E-state index in [1.807, 2.05) is 0 Å². The standard InChI is InChI=1S/C18H34N4O2/c1-3-19-18(22(2)13-16-8-11-24-14-16)21-10-9-20-17(23)12-15-6-4-5-7-15/h15-16H,3-14H2,1-2H3,(H,19,21)(H,20,23). The van der Waals surface area contributed by atoms with Crippen molar-refractivity contribution in [3.05, 3.63) is 0 Å². The van der Waals surface area contributed by atoms with Crippen LogP contribution in [0.5, 0.6) is 0 Å². The van der Waals surface area contributed by atoms with Crippen molar-refractivity contribution in [3.63, 3.8) is 0 Å². The molecule has 0 aromatic heterocycles. The van der Waals surface area contributed by atoms with Gasteiger partial charge in [0.15, 0.2) is 5.96 Å². The molecule has 6 heteroatoms. The molecule has 2 rings (SSSR count). The number of rotatable bonds is 8. The molecule has 6 nitrogen and oxygen atoms in total. The van der Waals surface area contributed by atoms with E-state index in [4.69, 9.17) is 4.74 Å². The second-order valence-electron chi connectivity index (χ2n) is 7.05. The topological polar surface area (TPSA) is 66.0 Å². The molecule has 1 saturated heterocycles. The number of nitrogens with zero attached hydrogens (tertiary/aromatic N) is 2. The highest BCUT2D eigenvalue weighted by atomic mass is 16.5. The zero-order chi connectivity index (χ0) is 17.2. The average Bonchev–Trinajstić information content (AvgIpc) is 3.24. The minimum atomic E-state index is 0.179. The number of carbonyl (C=O) groups is 1. The Balaban J connectivity index is 1.68. The van der Waals surface area contributed by atoms with Crippen LogP contribution in [0, 0.1) is 11.8 Å². The van der Waals surface area contributed by atoms with Crippen LogP contribution < -0.4 is 10.6 Å². The lowest BCUT2D eigenvalue weighted by atomic mass is 10.0. The van der Waals surface area contributed by atoms with Gasteiger partial charge in [0, 0.05) is 45.6 Å². The number of hydrogen-bond donors (Lipinski definition) is 2. The Morgan fingerprint density at radius 1 is 1.21 bits per heavy atom. The van der Waals surface area contributed by atoms with Crippen LogP contribution >= 0.6 is 0 Å². The van der Waals surface area contributed by atoms with Gasteiger partial charge in [-0.25, -0.2) is 0 Å². The molecule has 1 amide bonds. The van der Waals surface area contributed by atoms with Gasteiger partial charge in [0.1, 0.15) is 0 Å². The zero-order valence-corrected chi connectivity index (χ0v) is 15.4. The van der Waals surface area contributed by atoms with Crippen LogP contribution in [0.4, 0.5) is 0 Å². The van der Waals surface area contributed by atoms with Gasteiger partial charge in [0.25, 0.3) is 0 Å². The fraction of sp³-hybridized carbons (Fsp3) is 0.889. The molecule has 0 radical (unpaired) electrons. The van der Waals surface area contributed by atoms with Gasteiger partial charge in [-0.05, 0) is 32.1 Å². The van der Waals surface area contributed by atoms with Crippen molar-refractivity contribution in [1.29, 1.82) is 0 Å². The smallest absolute Gasteiger partial charge is 0.220 e. The number of guanidine groups is 1. The Morgan fingerprint density at radius 3 is 2.67 bits per heavy atom. The summed E-state index contributed by atoms with van der Waals surface area (Å²) in [6.07, 6.45) is 6.81. The molecular formula is C18H34N4O2. The van der Waals surface area contributed by atoms with E-state index in [-0.39, 0.29) is 5.91 Å². The highest BCUT2D eigenvalue weighted by Crippen LogP contribution is 2.27. The van der Waals surface area contributed by atoms with E-state index in [1.165, 1.54) is 25.7 Å². The van der Waals surface area contributed by atoms with Gasteiger partial charge >= 0.3 is 0 Å². The Morgan fingerprint density at radius 2 is 2.00 bits per heavy atom. The van der Waals surface area contributed by atoms with Gasteiger partial charge in [-0.15, -0.1) is 0 Å². The molecular weight excluding hydrogens is 304 g/mol. The van der Waals surface area contributed by atoms with E-state index in [9.17, 15) is 4.79 Å². The molecule has 1 unspecified atom stereocenters. The van der Waals surface area contributed by atoms with Crippen molar-refractivity contribution in [3.8, 4) is 0 Å². The highest BCUT2D eigenvalue weighted by molar-refractivity contribution is 5.80. The normalized spacial score (nSPS) is 21.9. The molecule has 1 atom stereocenters. The zero-order valence-electron chi connectivity index (χ0n) is 15.4. The fourth-order valence-electron chi connectivity index (χ4n) is 3.58. The summed E-state index contributed by atoms with van der Waals surface area (Å²) in [4.78, 5) is 18.7. The van der Waals surface area contributed by atoms with Crippen LogP contribution in [0.3, 0.4) is 0 Å². The van der Waals surface area contributed by atoms with Crippen LogP contribution in [0.25, 0.3) is 0 Å². The summed E-state index contributed by atoms with van der Waals surface area (Å²) in [5, 5.41) is 6.33. The predicted molar refractivity (Wildman–Crippen MR) is 97.1 cm³/mol. The van der Waals surface area contributed by atoms with Crippen molar-refractivity contribution in [2.45, 2.75) is 45.4 Å². The summed E-state index contributed by atoms with van der Waals surface area (Å²) < 4.78 is 5.44. The van der Waals surface area contributed by atoms with Gasteiger partial charge in [0.2, 0.25) is 5.91 Å². The Labute approximate surface area is 146 Å². The number of nitrogens with one attached hydrogen (secondary N) is 2. The van der Waals surface area contributed by atoms with Crippen molar-refractivity contribution in [2.24, 2.45) is 16.8 Å². The largest absolute Gasteiger partial charge is 0.381 e. The maximum Gasteiger partial charge on any atom is 0.220 e. The lowest BCUT2D eigenvalue weighted by Gasteiger charge is -2.24. The average molecular weight is 338 g/mol. The summed E-state index contributed by atoms with van der Waals surface area (Å²) in [5.41, 5.74) is 0. The molecule has 24 heavy (non-hydrogen) atoms. The van der Waals surface area contributed by atoms with Gasteiger partial charge in [0.05, 0.1) is 13.2 Å². The first-order chi connectivity index (χ1) is 11.7. The Kier molecular flexibility index (Phi) is 8.36. The van der Waals surface area contributed by atoms with Crippen LogP contribution in [0.2, 0.25) is 0 Å². The Hall–Kier alpha value is -1.30. The highest BCUT2D eigenvalue weighted by Gasteiger charge is 2.19. The van der Waals surface area contributed by atoms with Gasteiger partial charge in [-0.1, -0.05) is 12.8 Å². The molecule has 1 saturated carbocycles. The van der Waals surface area contributed by atoms with Crippen molar-refractivity contribution >= 4 is 11.9 Å². The lowest BCUT2D eigenvalue weighted by Crippen LogP contribution is -2.42. The first-order valence-corrected chi connectivity index (χ1v) is 9.53. The van der Waals surface area contributed by atoms with E-state index in [0.717, 1.165) is 38.7 Å². The molecule has 0 aromatic rings. The number of aliphatic imine (C=N–C) groups is 1. The third kappa shape index (κ3) is 6.67. The molecule has 138 valence electrons. The first kappa shape index (κ1) is 19.0. The van der Waals surface area contributed by atoms with Gasteiger partial charge in [-0.3, -0.25) is 9.79 Å². The maximum absolute atomic E-state index is 11.9. The van der Waals surface area contributed by atoms with E-state index in [0.29, 0.717) is 31.3 Å². The summed E-state index contributed by atoms with van der Waals surface area (Å²) in [6, 6.07) is 0. The number of amides is 1. The number of hydrogen-bond acceptors (Lipinski definition) is 3. The van der Waals surface area contributed by atoms with E-state index >= 15 is 0 Å². The SMILES string of the molecule is CCNC(=NCCNC(=O)CC1CCCC1)N(C)CC1CCOC1.